The van der Waals surface area contributed by atoms with Crippen molar-refractivity contribution >= 4 is 17.7 Å². The van der Waals surface area contributed by atoms with Crippen LogP contribution in [0.25, 0.3) is 0 Å². The number of thioether (sulfide) groups is 1. The molecule has 0 fully saturated rings. The molecule has 2 nitrogen and oxygen atoms in total. The van der Waals surface area contributed by atoms with Gasteiger partial charge < -0.3 is 5.11 Å². The SMILES string of the molecule is Cc1ccc(C(C)C)cc1SCCC(=O)O. The minimum absolute atomic E-state index is 0.218. The zero-order valence-electron chi connectivity index (χ0n) is 9.99. The van der Waals surface area contributed by atoms with Crippen molar-refractivity contribution in [3.05, 3.63) is 29.3 Å². The molecule has 1 N–H and O–H groups in total. The van der Waals surface area contributed by atoms with Crippen LogP contribution in [0.5, 0.6) is 0 Å². The summed E-state index contributed by atoms with van der Waals surface area (Å²) in [7, 11) is 0. The van der Waals surface area contributed by atoms with Crippen LogP contribution in [0.15, 0.2) is 23.1 Å². The maximum absolute atomic E-state index is 10.4. The van der Waals surface area contributed by atoms with Gasteiger partial charge in [-0.15, -0.1) is 11.8 Å². The Morgan fingerprint density at radius 2 is 2.12 bits per heavy atom. The van der Waals surface area contributed by atoms with E-state index in [1.165, 1.54) is 16.0 Å². The van der Waals surface area contributed by atoms with E-state index in [0.717, 1.165) is 0 Å². The van der Waals surface area contributed by atoms with Gasteiger partial charge in [0.2, 0.25) is 0 Å². The van der Waals surface area contributed by atoms with Gasteiger partial charge in [0.15, 0.2) is 0 Å². The molecule has 16 heavy (non-hydrogen) atoms. The number of carboxylic acids is 1. The molecule has 0 aromatic heterocycles. The zero-order chi connectivity index (χ0) is 12.1. The van der Waals surface area contributed by atoms with Crippen LogP contribution in [0, 0.1) is 6.92 Å². The molecule has 0 atom stereocenters. The van der Waals surface area contributed by atoms with E-state index in [1.54, 1.807) is 11.8 Å². The highest BCUT2D eigenvalue weighted by Crippen LogP contribution is 2.27. The Labute approximate surface area is 101 Å². The van der Waals surface area contributed by atoms with Crippen molar-refractivity contribution in [1.29, 1.82) is 0 Å². The van der Waals surface area contributed by atoms with E-state index in [1.807, 2.05) is 0 Å². The van der Waals surface area contributed by atoms with Gasteiger partial charge in [-0.25, -0.2) is 0 Å². The fourth-order valence-corrected chi connectivity index (χ4v) is 2.39. The fourth-order valence-electron chi connectivity index (χ4n) is 1.38. The Balaban J connectivity index is 2.70. The second-order valence-electron chi connectivity index (χ2n) is 4.17. The third-order valence-corrected chi connectivity index (χ3v) is 3.61. The van der Waals surface area contributed by atoms with E-state index in [2.05, 4.69) is 39.0 Å². The second kappa shape index (κ2) is 5.94. The topological polar surface area (TPSA) is 37.3 Å². The van der Waals surface area contributed by atoms with Crippen molar-refractivity contribution in [3.8, 4) is 0 Å². The monoisotopic (exact) mass is 238 g/mol. The van der Waals surface area contributed by atoms with Crippen LogP contribution in [0.4, 0.5) is 0 Å². The van der Waals surface area contributed by atoms with Crippen molar-refractivity contribution in [2.45, 2.75) is 38.0 Å². The van der Waals surface area contributed by atoms with Crippen LogP contribution in [0.2, 0.25) is 0 Å². The summed E-state index contributed by atoms with van der Waals surface area (Å²) in [5.41, 5.74) is 2.53. The van der Waals surface area contributed by atoms with Crippen molar-refractivity contribution in [3.63, 3.8) is 0 Å². The first-order valence-electron chi connectivity index (χ1n) is 5.46. The Morgan fingerprint density at radius 1 is 1.44 bits per heavy atom. The molecule has 0 bridgehead atoms. The predicted molar refractivity (Wildman–Crippen MR) is 68.2 cm³/mol. The number of hydrogen-bond donors (Lipinski definition) is 1. The summed E-state index contributed by atoms with van der Waals surface area (Å²) in [6.07, 6.45) is 0.218. The quantitative estimate of drug-likeness (QED) is 0.795. The molecule has 3 heteroatoms. The van der Waals surface area contributed by atoms with Gasteiger partial charge in [0.05, 0.1) is 6.42 Å². The highest BCUT2D eigenvalue weighted by molar-refractivity contribution is 7.99. The molecule has 0 spiro atoms. The number of rotatable bonds is 5. The number of benzene rings is 1. The smallest absolute Gasteiger partial charge is 0.304 e. The first-order chi connectivity index (χ1) is 7.50. The number of aliphatic carboxylic acids is 1. The van der Waals surface area contributed by atoms with E-state index < -0.39 is 5.97 Å². The number of carbonyl (C=O) groups is 1. The predicted octanol–water partition coefficient (Wildman–Crippen LogP) is 3.69. The van der Waals surface area contributed by atoms with Gasteiger partial charge >= 0.3 is 5.97 Å². The summed E-state index contributed by atoms with van der Waals surface area (Å²) in [5, 5.41) is 8.59. The average molecular weight is 238 g/mol. The summed E-state index contributed by atoms with van der Waals surface area (Å²) < 4.78 is 0. The first kappa shape index (κ1) is 13.1. The number of carboxylic acid groups (broad SMARTS) is 1. The van der Waals surface area contributed by atoms with E-state index >= 15 is 0 Å². The first-order valence-corrected chi connectivity index (χ1v) is 6.44. The van der Waals surface area contributed by atoms with Gasteiger partial charge in [-0.2, -0.15) is 0 Å². The van der Waals surface area contributed by atoms with E-state index in [9.17, 15) is 4.79 Å². The second-order valence-corrected chi connectivity index (χ2v) is 5.31. The van der Waals surface area contributed by atoms with Crippen LogP contribution in [-0.2, 0) is 4.79 Å². The largest absolute Gasteiger partial charge is 0.481 e. The molecule has 0 amide bonds. The zero-order valence-corrected chi connectivity index (χ0v) is 10.8. The van der Waals surface area contributed by atoms with Crippen molar-refractivity contribution in [1.82, 2.24) is 0 Å². The van der Waals surface area contributed by atoms with Gasteiger partial charge in [0.1, 0.15) is 0 Å². The molecule has 0 aliphatic rings. The molecule has 0 unspecified atom stereocenters. The van der Waals surface area contributed by atoms with Gasteiger partial charge in [0.25, 0.3) is 0 Å². The molecular weight excluding hydrogens is 220 g/mol. The Hall–Kier alpha value is -0.960. The van der Waals surface area contributed by atoms with Gasteiger partial charge in [0, 0.05) is 10.6 Å². The van der Waals surface area contributed by atoms with Crippen molar-refractivity contribution in [2.75, 3.05) is 5.75 Å². The molecule has 0 aliphatic heterocycles. The summed E-state index contributed by atoms with van der Waals surface area (Å²) in [4.78, 5) is 11.6. The standard InChI is InChI=1S/C13H18O2S/c1-9(2)11-5-4-10(3)12(8-11)16-7-6-13(14)15/h4-5,8-9H,6-7H2,1-3H3,(H,14,15). The molecule has 1 aromatic carbocycles. The van der Waals surface area contributed by atoms with E-state index in [4.69, 9.17) is 5.11 Å². The summed E-state index contributed by atoms with van der Waals surface area (Å²) in [5.74, 6) is 0.419. The molecule has 0 heterocycles. The Morgan fingerprint density at radius 3 is 2.69 bits per heavy atom. The van der Waals surface area contributed by atoms with Gasteiger partial charge in [-0.1, -0.05) is 26.0 Å². The number of aryl methyl sites for hydroxylation is 1. The minimum Gasteiger partial charge on any atom is -0.481 e. The maximum atomic E-state index is 10.4. The lowest BCUT2D eigenvalue weighted by atomic mass is 10.0. The summed E-state index contributed by atoms with van der Waals surface area (Å²) in [6, 6.07) is 6.42. The third-order valence-electron chi connectivity index (χ3n) is 2.45. The van der Waals surface area contributed by atoms with Crippen LogP contribution < -0.4 is 0 Å². The highest BCUT2D eigenvalue weighted by atomic mass is 32.2. The average Bonchev–Trinajstić information content (AvgIpc) is 2.20. The molecule has 0 radical (unpaired) electrons. The summed E-state index contributed by atoms with van der Waals surface area (Å²) >= 11 is 1.63. The molecule has 0 saturated carbocycles. The lowest BCUT2D eigenvalue weighted by Crippen LogP contribution is -1.96. The maximum Gasteiger partial charge on any atom is 0.304 e. The molecular formula is C13H18O2S. The van der Waals surface area contributed by atoms with Crippen molar-refractivity contribution in [2.24, 2.45) is 0 Å². The van der Waals surface area contributed by atoms with Crippen molar-refractivity contribution < 1.29 is 9.90 Å². The Bertz CT molecular complexity index is 372. The minimum atomic E-state index is -0.731. The van der Waals surface area contributed by atoms with Crippen LogP contribution in [-0.4, -0.2) is 16.8 Å². The molecule has 0 aliphatic carbocycles. The lowest BCUT2D eigenvalue weighted by molar-refractivity contribution is -0.136. The molecule has 1 rings (SSSR count). The van der Waals surface area contributed by atoms with Gasteiger partial charge in [-0.3, -0.25) is 4.79 Å². The normalized spacial score (nSPS) is 10.8. The van der Waals surface area contributed by atoms with Crippen LogP contribution in [0.1, 0.15) is 37.3 Å². The molecule has 1 aromatic rings. The summed E-state index contributed by atoms with van der Waals surface area (Å²) in [6.45, 7) is 6.39. The van der Waals surface area contributed by atoms with Crippen LogP contribution in [0.3, 0.4) is 0 Å². The van der Waals surface area contributed by atoms with Gasteiger partial charge in [-0.05, 0) is 30.0 Å². The van der Waals surface area contributed by atoms with Crippen LogP contribution >= 0.6 is 11.8 Å². The Kier molecular flexibility index (Phi) is 4.87. The highest BCUT2D eigenvalue weighted by Gasteiger charge is 2.05. The third kappa shape index (κ3) is 3.89. The number of hydrogen-bond acceptors (Lipinski definition) is 2. The fraction of sp³-hybridized carbons (Fsp3) is 0.462. The molecule has 0 saturated heterocycles. The lowest BCUT2D eigenvalue weighted by Gasteiger charge is -2.10. The van der Waals surface area contributed by atoms with E-state index in [-0.39, 0.29) is 6.42 Å². The van der Waals surface area contributed by atoms with E-state index in [0.29, 0.717) is 11.7 Å². The molecule has 88 valence electrons.